The number of fused-ring (bicyclic) bond motifs is 1. The standard InChI is InChI=1S/C19H27N7O3/c1-11(19(2,3)28)26-10-12(16-15(18(26)27)17(20)22-21-16)13-9-14(24(4)23-13)25-5-7-29-8-6-25/h9-11,28H,5-8H2,1-4H3,(H3,20,21,22). The molecule has 1 aliphatic heterocycles. The van der Waals surface area contributed by atoms with Crippen LogP contribution in [0.2, 0.25) is 0 Å². The molecular weight excluding hydrogens is 374 g/mol. The van der Waals surface area contributed by atoms with Crippen molar-refractivity contribution in [3.63, 3.8) is 0 Å². The van der Waals surface area contributed by atoms with Gasteiger partial charge in [-0.2, -0.15) is 10.2 Å². The van der Waals surface area contributed by atoms with Crippen molar-refractivity contribution in [2.45, 2.75) is 32.4 Å². The molecule has 10 heteroatoms. The molecule has 4 heterocycles. The molecule has 3 aromatic heterocycles. The Hall–Kier alpha value is -2.85. The van der Waals surface area contributed by atoms with Crippen LogP contribution in [0, 0.1) is 0 Å². The van der Waals surface area contributed by atoms with Crippen molar-refractivity contribution in [1.82, 2.24) is 24.5 Å². The lowest BCUT2D eigenvalue weighted by Gasteiger charge is -2.28. The average Bonchev–Trinajstić information content (AvgIpc) is 3.25. The lowest BCUT2D eigenvalue weighted by molar-refractivity contribution is 0.0294. The largest absolute Gasteiger partial charge is 0.388 e. The highest BCUT2D eigenvalue weighted by atomic mass is 16.5. The highest BCUT2D eigenvalue weighted by Crippen LogP contribution is 2.31. The van der Waals surface area contributed by atoms with E-state index in [0.717, 1.165) is 18.9 Å². The Balaban J connectivity index is 1.90. The molecular formula is C19H27N7O3. The molecule has 0 bridgehead atoms. The fraction of sp³-hybridized carbons (Fsp3) is 0.526. The third kappa shape index (κ3) is 3.28. The summed E-state index contributed by atoms with van der Waals surface area (Å²) in [5, 5.41) is 22.4. The van der Waals surface area contributed by atoms with Gasteiger partial charge in [-0.05, 0) is 20.8 Å². The van der Waals surface area contributed by atoms with Crippen molar-refractivity contribution < 1.29 is 9.84 Å². The number of H-pyrrole nitrogens is 1. The second-order valence-corrected chi connectivity index (χ2v) is 8.05. The molecule has 0 radical (unpaired) electrons. The minimum Gasteiger partial charge on any atom is -0.388 e. The number of aromatic nitrogens is 5. The highest BCUT2D eigenvalue weighted by molar-refractivity contribution is 5.97. The van der Waals surface area contributed by atoms with Gasteiger partial charge in [-0.1, -0.05) is 0 Å². The molecule has 0 saturated carbocycles. The van der Waals surface area contributed by atoms with E-state index in [-0.39, 0.29) is 11.4 Å². The van der Waals surface area contributed by atoms with Gasteiger partial charge in [0.05, 0.1) is 36.1 Å². The Morgan fingerprint density at radius 1 is 1.34 bits per heavy atom. The lowest BCUT2D eigenvalue weighted by atomic mass is 9.99. The van der Waals surface area contributed by atoms with Crippen molar-refractivity contribution in [2.75, 3.05) is 36.9 Å². The molecule has 10 nitrogen and oxygen atoms in total. The van der Waals surface area contributed by atoms with E-state index in [1.165, 1.54) is 4.57 Å². The van der Waals surface area contributed by atoms with Crippen LogP contribution in [-0.2, 0) is 11.8 Å². The first-order valence-electron chi connectivity index (χ1n) is 9.66. The third-order valence-corrected chi connectivity index (χ3v) is 5.69. The first-order chi connectivity index (χ1) is 13.7. The Labute approximate surface area is 167 Å². The van der Waals surface area contributed by atoms with Gasteiger partial charge in [-0.25, -0.2) is 0 Å². The summed E-state index contributed by atoms with van der Waals surface area (Å²) in [5.41, 5.74) is 6.53. The van der Waals surface area contributed by atoms with Crippen molar-refractivity contribution in [1.29, 1.82) is 0 Å². The molecule has 1 fully saturated rings. The van der Waals surface area contributed by atoms with Crippen LogP contribution in [0.15, 0.2) is 17.1 Å². The second kappa shape index (κ2) is 6.89. The number of aliphatic hydroxyl groups is 1. The van der Waals surface area contributed by atoms with Crippen LogP contribution in [-0.4, -0.2) is 61.6 Å². The lowest BCUT2D eigenvalue weighted by Crippen LogP contribution is -2.37. The molecule has 4 rings (SSSR count). The van der Waals surface area contributed by atoms with E-state index in [9.17, 15) is 9.90 Å². The van der Waals surface area contributed by atoms with Gasteiger partial charge in [0, 0.05) is 38.0 Å². The first-order valence-corrected chi connectivity index (χ1v) is 9.66. The van der Waals surface area contributed by atoms with Crippen LogP contribution >= 0.6 is 0 Å². The number of ether oxygens (including phenoxy) is 1. The van der Waals surface area contributed by atoms with Crippen molar-refractivity contribution in [3.8, 4) is 11.3 Å². The number of rotatable bonds is 4. The predicted molar refractivity (Wildman–Crippen MR) is 111 cm³/mol. The number of nitrogens with one attached hydrogen (secondary N) is 1. The molecule has 1 atom stereocenters. The maximum Gasteiger partial charge on any atom is 0.264 e. The molecule has 4 N–H and O–H groups in total. The fourth-order valence-corrected chi connectivity index (χ4v) is 3.66. The minimum absolute atomic E-state index is 0.132. The fourth-order valence-electron chi connectivity index (χ4n) is 3.66. The van der Waals surface area contributed by atoms with Crippen molar-refractivity contribution in [2.24, 2.45) is 7.05 Å². The van der Waals surface area contributed by atoms with Crippen LogP contribution in [0.5, 0.6) is 0 Å². The third-order valence-electron chi connectivity index (χ3n) is 5.69. The summed E-state index contributed by atoms with van der Waals surface area (Å²) in [6, 6.07) is 1.51. The number of morpholine rings is 1. The van der Waals surface area contributed by atoms with Gasteiger partial charge in [0.15, 0.2) is 5.82 Å². The highest BCUT2D eigenvalue weighted by Gasteiger charge is 2.28. The Bertz CT molecular complexity index is 1100. The summed E-state index contributed by atoms with van der Waals surface area (Å²) >= 11 is 0. The predicted octanol–water partition coefficient (Wildman–Crippen LogP) is 0.876. The summed E-state index contributed by atoms with van der Waals surface area (Å²) in [6.07, 6.45) is 1.72. The minimum atomic E-state index is -1.10. The summed E-state index contributed by atoms with van der Waals surface area (Å²) in [5.74, 6) is 1.10. The quantitative estimate of drug-likeness (QED) is 0.592. The molecule has 0 aromatic carbocycles. The number of nitrogens with two attached hydrogens (primary N) is 1. The summed E-state index contributed by atoms with van der Waals surface area (Å²) in [4.78, 5) is 15.3. The van der Waals surface area contributed by atoms with Crippen LogP contribution < -0.4 is 16.2 Å². The zero-order valence-electron chi connectivity index (χ0n) is 17.1. The summed E-state index contributed by atoms with van der Waals surface area (Å²) in [6.45, 7) is 8.08. The zero-order valence-corrected chi connectivity index (χ0v) is 17.1. The van der Waals surface area contributed by atoms with Crippen molar-refractivity contribution >= 4 is 22.5 Å². The maximum atomic E-state index is 13.1. The molecule has 1 aliphatic rings. The van der Waals surface area contributed by atoms with E-state index in [0.29, 0.717) is 35.4 Å². The Morgan fingerprint density at radius 3 is 2.69 bits per heavy atom. The monoisotopic (exact) mass is 401 g/mol. The average molecular weight is 401 g/mol. The van der Waals surface area contributed by atoms with E-state index in [4.69, 9.17) is 10.5 Å². The summed E-state index contributed by atoms with van der Waals surface area (Å²) in [7, 11) is 1.89. The maximum absolute atomic E-state index is 13.1. The number of nitrogens with zero attached hydrogens (tertiary/aromatic N) is 5. The van der Waals surface area contributed by atoms with E-state index in [1.807, 2.05) is 17.8 Å². The summed E-state index contributed by atoms with van der Waals surface area (Å²) < 4.78 is 8.77. The van der Waals surface area contributed by atoms with Gasteiger partial charge >= 0.3 is 0 Å². The van der Waals surface area contributed by atoms with Gasteiger partial charge in [-0.3, -0.25) is 14.6 Å². The molecule has 156 valence electrons. The molecule has 29 heavy (non-hydrogen) atoms. The second-order valence-electron chi connectivity index (χ2n) is 8.05. The molecule has 1 saturated heterocycles. The van der Waals surface area contributed by atoms with E-state index < -0.39 is 11.6 Å². The van der Waals surface area contributed by atoms with Gasteiger partial charge in [0.25, 0.3) is 5.56 Å². The number of aryl methyl sites for hydroxylation is 1. The number of aromatic amines is 1. The smallest absolute Gasteiger partial charge is 0.264 e. The number of nitrogen functional groups attached to an aromatic ring is 1. The molecule has 0 spiro atoms. The van der Waals surface area contributed by atoms with E-state index >= 15 is 0 Å². The van der Waals surface area contributed by atoms with Crippen LogP contribution in [0.25, 0.3) is 22.2 Å². The zero-order chi connectivity index (χ0) is 20.9. The van der Waals surface area contributed by atoms with Gasteiger partial charge < -0.3 is 25.0 Å². The van der Waals surface area contributed by atoms with Gasteiger partial charge in [-0.15, -0.1) is 0 Å². The Morgan fingerprint density at radius 2 is 2.03 bits per heavy atom. The van der Waals surface area contributed by atoms with E-state index in [1.54, 1.807) is 27.0 Å². The van der Waals surface area contributed by atoms with Crippen LogP contribution in [0.4, 0.5) is 11.6 Å². The molecule has 3 aromatic rings. The van der Waals surface area contributed by atoms with E-state index in [2.05, 4.69) is 20.2 Å². The van der Waals surface area contributed by atoms with Gasteiger partial charge in [0.2, 0.25) is 0 Å². The van der Waals surface area contributed by atoms with Gasteiger partial charge in [0.1, 0.15) is 11.2 Å². The molecule has 0 aliphatic carbocycles. The SMILES string of the molecule is CC(n1cc(-c2cc(N3CCOCC3)n(C)n2)c2[nH]nc(N)c2c1=O)C(C)(C)O. The topological polar surface area (TPSA) is 127 Å². The number of hydrogen-bond acceptors (Lipinski definition) is 7. The number of pyridine rings is 1. The molecule has 0 amide bonds. The Kier molecular flexibility index (Phi) is 4.62. The first kappa shape index (κ1) is 19.5. The normalized spacial score (nSPS) is 16.5. The molecule has 1 unspecified atom stereocenters. The van der Waals surface area contributed by atoms with Crippen molar-refractivity contribution in [3.05, 3.63) is 22.6 Å². The number of hydrogen-bond donors (Lipinski definition) is 3. The van der Waals surface area contributed by atoms with Crippen LogP contribution in [0.1, 0.15) is 26.8 Å². The van der Waals surface area contributed by atoms with Crippen LogP contribution in [0.3, 0.4) is 0 Å². The number of anilines is 2.